The maximum absolute atomic E-state index is 11.7. The van der Waals surface area contributed by atoms with Crippen molar-refractivity contribution < 1.29 is 34.1 Å². The molecule has 122 valence electrons. The number of carbonyl (C=O) groups excluding carboxylic acids is 2. The number of ether oxygens (including phenoxy) is 2. The molecule has 21 heavy (non-hydrogen) atoms. The van der Waals surface area contributed by atoms with Gasteiger partial charge in [-0.05, 0) is 13.8 Å². The lowest BCUT2D eigenvalue weighted by atomic mass is 10.1. The van der Waals surface area contributed by atoms with Crippen molar-refractivity contribution in [3.05, 3.63) is 0 Å². The van der Waals surface area contributed by atoms with Gasteiger partial charge in [-0.3, -0.25) is 14.5 Å². The standard InChI is InChI=1S/C12H22N2O7/c1-12(2,11(18)19)21-10(17)8-14(3-5-15)4-6-20-9(16)7-13/h15H,3-8,13H2,1-2H3,(H,18,19). The Balaban J connectivity index is 4.32. The predicted molar refractivity (Wildman–Crippen MR) is 71.3 cm³/mol. The predicted octanol–water partition coefficient (Wildman–Crippen LogP) is -1.81. The molecule has 0 unspecified atom stereocenters. The Morgan fingerprint density at radius 3 is 2.29 bits per heavy atom. The topological polar surface area (TPSA) is 139 Å². The van der Waals surface area contributed by atoms with Crippen molar-refractivity contribution in [3.63, 3.8) is 0 Å². The first kappa shape index (κ1) is 19.3. The number of hydrogen-bond acceptors (Lipinski definition) is 8. The molecule has 0 amide bonds. The van der Waals surface area contributed by atoms with Crippen LogP contribution in [-0.4, -0.2) is 78.0 Å². The smallest absolute Gasteiger partial charge is 0.347 e. The minimum atomic E-state index is -1.63. The number of carboxylic acids is 1. The maximum atomic E-state index is 11.7. The largest absolute Gasteiger partial charge is 0.478 e. The first-order valence-corrected chi connectivity index (χ1v) is 6.37. The minimum absolute atomic E-state index is 0.00559. The highest BCUT2D eigenvalue weighted by molar-refractivity contribution is 5.81. The minimum Gasteiger partial charge on any atom is -0.478 e. The molecule has 0 atom stereocenters. The Morgan fingerprint density at radius 2 is 1.81 bits per heavy atom. The van der Waals surface area contributed by atoms with Gasteiger partial charge in [-0.1, -0.05) is 0 Å². The molecule has 0 spiro atoms. The highest BCUT2D eigenvalue weighted by Gasteiger charge is 2.32. The van der Waals surface area contributed by atoms with Gasteiger partial charge in [0, 0.05) is 13.1 Å². The fourth-order valence-electron chi connectivity index (χ4n) is 1.30. The zero-order valence-electron chi connectivity index (χ0n) is 12.2. The molecule has 0 aliphatic heterocycles. The van der Waals surface area contributed by atoms with Gasteiger partial charge in [-0.25, -0.2) is 4.79 Å². The van der Waals surface area contributed by atoms with Gasteiger partial charge in [0.05, 0.1) is 19.7 Å². The summed E-state index contributed by atoms with van der Waals surface area (Å²) >= 11 is 0. The summed E-state index contributed by atoms with van der Waals surface area (Å²) in [5.74, 6) is -2.59. The highest BCUT2D eigenvalue weighted by atomic mass is 16.6. The number of aliphatic hydroxyl groups is 1. The van der Waals surface area contributed by atoms with Gasteiger partial charge in [0.1, 0.15) is 6.61 Å². The molecule has 9 heteroatoms. The summed E-state index contributed by atoms with van der Waals surface area (Å²) in [6.45, 7) is 2.19. The second-order valence-corrected chi connectivity index (χ2v) is 4.71. The van der Waals surface area contributed by atoms with Crippen molar-refractivity contribution in [1.82, 2.24) is 4.90 Å². The van der Waals surface area contributed by atoms with Gasteiger partial charge in [-0.2, -0.15) is 0 Å². The van der Waals surface area contributed by atoms with E-state index in [2.05, 4.69) is 0 Å². The molecule has 0 aromatic carbocycles. The first-order valence-electron chi connectivity index (χ1n) is 6.37. The number of esters is 2. The van der Waals surface area contributed by atoms with Crippen molar-refractivity contribution in [2.75, 3.05) is 39.4 Å². The first-order chi connectivity index (χ1) is 9.72. The third kappa shape index (κ3) is 8.23. The Kier molecular flexibility index (Phi) is 8.51. The monoisotopic (exact) mass is 306 g/mol. The number of nitrogens with zero attached hydrogens (tertiary/aromatic N) is 1. The maximum Gasteiger partial charge on any atom is 0.347 e. The Bertz CT molecular complexity index is 371. The van der Waals surface area contributed by atoms with Crippen molar-refractivity contribution in [1.29, 1.82) is 0 Å². The third-order valence-corrected chi connectivity index (χ3v) is 2.49. The van der Waals surface area contributed by atoms with E-state index < -0.39 is 23.5 Å². The SMILES string of the molecule is CC(C)(OC(=O)CN(CCO)CCOC(=O)CN)C(=O)O. The van der Waals surface area contributed by atoms with Crippen LogP contribution in [0.3, 0.4) is 0 Å². The van der Waals surface area contributed by atoms with Crippen molar-refractivity contribution in [3.8, 4) is 0 Å². The highest BCUT2D eigenvalue weighted by Crippen LogP contribution is 2.09. The molecular formula is C12H22N2O7. The van der Waals surface area contributed by atoms with E-state index in [4.69, 9.17) is 25.4 Å². The van der Waals surface area contributed by atoms with Gasteiger partial charge < -0.3 is 25.4 Å². The van der Waals surface area contributed by atoms with Crippen LogP contribution in [0.25, 0.3) is 0 Å². The van der Waals surface area contributed by atoms with Gasteiger partial charge in [0.2, 0.25) is 5.60 Å². The number of aliphatic carboxylic acids is 1. The average Bonchev–Trinajstić information content (AvgIpc) is 2.37. The number of aliphatic hydroxyl groups excluding tert-OH is 1. The second kappa shape index (κ2) is 9.27. The van der Waals surface area contributed by atoms with E-state index in [-0.39, 0.29) is 39.4 Å². The molecule has 0 rings (SSSR count). The van der Waals surface area contributed by atoms with E-state index in [0.29, 0.717) is 0 Å². The molecule has 0 aromatic heterocycles. The summed E-state index contributed by atoms with van der Waals surface area (Å²) in [4.78, 5) is 34.9. The molecule has 0 saturated carbocycles. The van der Waals surface area contributed by atoms with Gasteiger partial charge in [-0.15, -0.1) is 0 Å². The van der Waals surface area contributed by atoms with Crippen LogP contribution in [0, 0.1) is 0 Å². The third-order valence-electron chi connectivity index (χ3n) is 2.49. The molecule has 0 heterocycles. The second-order valence-electron chi connectivity index (χ2n) is 4.71. The van der Waals surface area contributed by atoms with Crippen LogP contribution in [0.1, 0.15) is 13.8 Å². The Hall–Kier alpha value is -1.71. The van der Waals surface area contributed by atoms with Gasteiger partial charge in [0.15, 0.2) is 0 Å². The van der Waals surface area contributed by atoms with Gasteiger partial charge >= 0.3 is 17.9 Å². The average molecular weight is 306 g/mol. The normalized spacial score (nSPS) is 11.3. The van der Waals surface area contributed by atoms with Crippen molar-refractivity contribution >= 4 is 17.9 Å². The fraction of sp³-hybridized carbons (Fsp3) is 0.750. The lowest BCUT2D eigenvalue weighted by molar-refractivity contribution is -0.175. The van der Waals surface area contributed by atoms with Crippen LogP contribution in [0.2, 0.25) is 0 Å². The molecule has 0 aliphatic rings. The number of nitrogens with two attached hydrogens (primary N) is 1. The number of rotatable bonds is 10. The molecule has 0 bridgehead atoms. The van der Waals surface area contributed by atoms with Crippen LogP contribution in [0.5, 0.6) is 0 Å². The lowest BCUT2D eigenvalue weighted by Crippen LogP contribution is -2.42. The zero-order valence-corrected chi connectivity index (χ0v) is 12.2. The van der Waals surface area contributed by atoms with Crippen LogP contribution in [-0.2, 0) is 23.9 Å². The Morgan fingerprint density at radius 1 is 1.19 bits per heavy atom. The Labute approximate surface area is 122 Å². The van der Waals surface area contributed by atoms with E-state index >= 15 is 0 Å². The van der Waals surface area contributed by atoms with Crippen LogP contribution < -0.4 is 5.73 Å². The molecular weight excluding hydrogens is 284 g/mol. The summed E-state index contributed by atoms with van der Waals surface area (Å²) in [6.07, 6.45) is 0. The number of carbonyl (C=O) groups is 3. The molecule has 0 aliphatic carbocycles. The van der Waals surface area contributed by atoms with Crippen LogP contribution in [0.4, 0.5) is 0 Å². The van der Waals surface area contributed by atoms with E-state index in [1.807, 2.05) is 0 Å². The summed E-state index contributed by atoms with van der Waals surface area (Å²) in [6, 6.07) is 0. The molecule has 0 radical (unpaired) electrons. The molecule has 4 N–H and O–H groups in total. The van der Waals surface area contributed by atoms with Crippen molar-refractivity contribution in [2.45, 2.75) is 19.4 Å². The molecule has 0 fully saturated rings. The number of hydrogen-bond donors (Lipinski definition) is 3. The summed E-state index contributed by atoms with van der Waals surface area (Å²) in [5, 5.41) is 17.8. The molecule has 0 aromatic rings. The van der Waals surface area contributed by atoms with Crippen LogP contribution >= 0.6 is 0 Å². The summed E-state index contributed by atoms with van der Waals surface area (Å²) < 4.78 is 9.59. The lowest BCUT2D eigenvalue weighted by Gasteiger charge is -2.24. The molecule has 0 saturated heterocycles. The fourth-order valence-corrected chi connectivity index (χ4v) is 1.30. The number of carboxylic acid groups (broad SMARTS) is 1. The summed E-state index contributed by atoms with van der Waals surface area (Å²) in [7, 11) is 0. The summed E-state index contributed by atoms with van der Waals surface area (Å²) in [5.41, 5.74) is 3.44. The quantitative estimate of drug-likeness (QED) is 0.398. The zero-order chi connectivity index (χ0) is 16.5. The van der Waals surface area contributed by atoms with Gasteiger partial charge in [0.25, 0.3) is 0 Å². The molecule has 9 nitrogen and oxygen atoms in total. The van der Waals surface area contributed by atoms with E-state index in [1.54, 1.807) is 0 Å². The van der Waals surface area contributed by atoms with E-state index in [0.717, 1.165) is 0 Å². The van der Waals surface area contributed by atoms with E-state index in [9.17, 15) is 14.4 Å². The van der Waals surface area contributed by atoms with Crippen LogP contribution in [0.15, 0.2) is 0 Å². The van der Waals surface area contributed by atoms with E-state index in [1.165, 1.54) is 18.7 Å². The van der Waals surface area contributed by atoms with Crippen molar-refractivity contribution in [2.24, 2.45) is 5.73 Å².